The van der Waals surface area contributed by atoms with Crippen LogP contribution in [0.15, 0.2) is 55.1 Å². The van der Waals surface area contributed by atoms with Gasteiger partial charge in [-0.2, -0.15) is 5.26 Å². The maximum atomic E-state index is 11.7. The quantitative estimate of drug-likeness (QED) is 0.0339. The van der Waals surface area contributed by atoms with E-state index in [9.17, 15) is 43.2 Å². The Morgan fingerprint density at radius 1 is 0.322 bits per heavy atom. The van der Waals surface area contributed by atoms with Crippen molar-refractivity contribution >= 4 is 167 Å². The minimum Gasteiger partial charge on any atom is -0.453 e. The summed E-state index contributed by atoms with van der Waals surface area (Å²) in [5.41, 5.74) is 18.1. The molecular formula is C97H135N31O11S10. The minimum absolute atomic E-state index is 0.0268. The van der Waals surface area contributed by atoms with E-state index >= 15 is 0 Å². The Bertz CT molecular complexity index is 5630. The molecule has 17 fully saturated rings. The molecule has 10 aromatic rings. The highest BCUT2D eigenvalue weighted by atomic mass is 32.1. The molecule has 0 unspecified atom stereocenters. The molecule has 42 nitrogen and oxygen atoms in total. The van der Waals surface area contributed by atoms with E-state index in [1.54, 1.807) is 217 Å². The van der Waals surface area contributed by atoms with Crippen molar-refractivity contribution in [3.8, 4) is 6.07 Å². The maximum Gasteiger partial charge on any atom is 0.407 e. The van der Waals surface area contributed by atoms with Crippen molar-refractivity contribution < 1.29 is 52.6 Å². The Kier molecular flexibility index (Phi) is 40.9. The number of hydrogen-bond acceptors (Lipinski definition) is 42. The van der Waals surface area contributed by atoms with Crippen molar-refractivity contribution in [2.45, 2.75) is 390 Å². The van der Waals surface area contributed by atoms with Crippen LogP contribution < -0.4 is 53.2 Å². The summed E-state index contributed by atoms with van der Waals surface area (Å²) in [6.07, 6.45) is 38.5. The second-order valence-electron chi connectivity index (χ2n) is 41.6. The number of rotatable bonds is 20. The van der Waals surface area contributed by atoms with Crippen LogP contribution in [0.25, 0.3) is 0 Å². The van der Waals surface area contributed by atoms with E-state index in [0.717, 1.165) is 288 Å². The van der Waals surface area contributed by atoms with Gasteiger partial charge in [-0.05, 0) is 238 Å². The first-order valence-corrected chi connectivity index (χ1v) is 60.3. The van der Waals surface area contributed by atoms with Crippen LogP contribution in [0.2, 0.25) is 0 Å². The minimum atomic E-state index is -0.334. The number of nitrogens with one attached hydrogen (secondary N) is 10. The van der Waals surface area contributed by atoms with E-state index in [1.165, 1.54) is 7.11 Å². The zero-order valence-corrected chi connectivity index (χ0v) is 93.4. The highest BCUT2D eigenvalue weighted by Gasteiger charge is 2.70. The van der Waals surface area contributed by atoms with Gasteiger partial charge in [-0.3, -0.25) is 33.6 Å². The lowest BCUT2D eigenvalue weighted by Gasteiger charge is -2.69. The SMILES string of the molecule is CC(=O)NC12CC(c3nncs3)(C1)C2.CC(=O)NC12CCC(c3nncs3)(C1)C2.CC(=O)NC12CCC(c3nncs3)(CC1)OC2.CC(=O)NC1CC(c2nncs2)C1.CC(=O)N[C@@H]1CC[C@H](c2nncs2)C1.CC(=O)N[C@H]1CC[C@H](c2nncs2)C1.CNC(=O)NC1CCC(c2nncs2)CC1.COC(=O)NC1CCC(c2nncs2)CC1.N#CC1CCC(c2nncs2)CC1.O=C(NC1CCC(c2nncs2)CC1)C1CC1. The highest BCUT2D eigenvalue weighted by Crippen LogP contribution is 2.68. The fraction of sp³-hybridized carbons (Fsp3) is 0.691. The summed E-state index contributed by atoms with van der Waals surface area (Å²) in [6.45, 7) is 10.0. The van der Waals surface area contributed by atoms with Crippen LogP contribution in [0.5, 0.6) is 0 Å². The van der Waals surface area contributed by atoms with Crippen LogP contribution in [0.4, 0.5) is 9.59 Å². The smallest absolute Gasteiger partial charge is 0.407 e. The third-order valence-electron chi connectivity index (χ3n) is 30.6. The van der Waals surface area contributed by atoms with E-state index in [-0.39, 0.29) is 98.5 Å². The van der Waals surface area contributed by atoms with Crippen LogP contribution in [0.1, 0.15) is 371 Å². The number of urea groups is 1. The van der Waals surface area contributed by atoms with E-state index in [2.05, 4.69) is 166 Å². The zero-order valence-electron chi connectivity index (χ0n) is 85.3. The largest absolute Gasteiger partial charge is 0.453 e. The monoisotopic (exact) mass is 2230 g/mol. The lowest BCUT2D eigenvalue weighted by molar-refractivity contribution is -0.171. The molecule has 2 saturated heterocycles. The van der Waals surface area contributed by atoms with E-state index in [4.69, 9.17) is 10.00 Å². The van der Waals surface area contributed by atoms with Gasteiger partial charge >= 0.3 is 12.1 Å². The first kappa shape index (κ1) is 113. The normalized spacial score (nSPS) is 29.9. The molecule has 149 heavy (non-hydrogen) atoms. The molecule has 17 aliphatic rings. The standard InChI is InChI=1S/C12H17N3OS.C11H15N3O2S.C10H16N4OS.C10H15N3O2S.C10H13N3OS.C9H11N3OS.2C9H13N3OS.C9H11N3S.C8H11N3OS/c16-11(8-1-2-8)14-10-5-3-9(4-6-10)12-15-13-7-17-12;1-8(15)13-10-2-4-11(5-3-10,16-6-10)9-14-12-7-17-9;1-11-10(15)13-8-4-2-7(3-5-8)9-14-12-6-16-9;1-15-10(14)12-8-4-2-7(3-5-8)9-13-11-6-16-9;1-7(14)12-10-3-2-9(4-10,5-10)8-13-11-6-15-8;1-6(13)11-9-2-8(3-9,4-9)7-12-10-5-14-7;2*1-6(13)11-8-3-2-7(4-8)9-12-10-5-14-9;10-5-7-1-3-8(4-2-7)9-12-11-6-13-9;1-5(12)10-7-2-6(3-7)8-11-9-4-13-8/h7-10H,1-6H2,(H,14,16);7H,2-6H2,1H3,(H,13,15);6-8H,2-5H2,1H3,(H2,11,13,15);6-8H,2-5H2,1H3,(H,12,14);6H,2-5H2,1H3,(H,12,14);5H,2-4H2,1H3,(H,11,13);2*5,7-8H,2-4H2,1H3,(H,11,13);6-8H,1-4H2;4,6-7H,2-3H2,1H3,(H,10,12)/t;;;;;;7-,8+;7-,8-;;/m......00../s1. The summed E-state index contributed by atoms with van der Waals surface area (Å²) in [4.78, 5) is 99.5. The van der Waals surface area contributed by atoms with Crippen LogP contribution in [0, 0.1) is 23.2 Å². The van der Waals surface area contributed by atoms with Gasteiger partial charge in [0.15, 0.2) is 0 Å². The average Bonchev–Trinajstić information content (AvgIpc) is 1.65. The fourth-order valence-electron chi connectivity index (χ4n) is 23.1. The molecular weight excluding hydrogens is 2100 g/mol. The summed E-state index contributed by atoms with van der Waals surface area (Å²) < 4.78 is 10.6. The molecule has 2 aliphatic heterocycles. The molecule has 6 bridgehead atoms. The molecule has 10 N–H and O–H groups in total. The van der Waals surface area contributed by atoms with E-state index in [1.807, 2.05) is 0 Å². The van der Waals surface area contributed by atoms with Crippen molar-refractivity contribution in [1.82, 2.24) is 155 Å². The summed E-state index contributed by atoms with van der Waals surface area (Å²) >= 11 is 16.2. The molecule has 0 spiro atoms. The highest BCUT2D eigenvalue weighted by molar-refractivity contribution is 7.11. The fourth-order valence-corrected chi connectivity index (χ4v) is 30.4. The van der Waals surface area contributed by atoms with E-state index in [0.29, 0.717) is 84.2 Å². The number of methoxy groups -OCH3 is 1. The molecule has 15 saturated carbocycles. The first-order valence-electron chi connectivity index (χ1n) is 51.5. The Morgan fingerprint density at radius 3 is 0.987 bits per heavy atom. The molecule has 10 amide bonds. The number of aromatic nitrogens is 20. The van der Waals surface area contributed by atoms with Crippen LogP contribution in [0.3, 0.4) is 0 Å². The van der Waals surface area contributed by atoms with Crippen molar-refractivity contribution in [3.05, 3.63) is 105 Å². The van der Waals surface area contributed by atoms with Gasteiger partial charge in [0.1, 0.15) is 111 Å². The first-order chi connectivity index (χ1) is 72.0. The predicted molar refractivity (Wildman–Crippen MR) is 568 cm³/mol. The molecule has 4 atom stereocenters. The number of carbonyl (C=O) groups is 9. The number of hydrogen-bond donors (Lipinski definition) is 10. The number of nitriles is 1. The number of amides is 10. The second-order valence-corrected chi connectivity index (χ2v) is 50.2. The molecule has 10 aromatic heterocycles. The number of nitrogens with zero attached hydrogens (tertiary/aromatic N) is 21. The second kappa shape index (κ2) is 53.9. The Balaban J connectivity index is 0.000000124. The Labute approximate surface area is 906 Å². The number of fused-ring (bicyclic) bond motifs is 4. The number of alkyl carbamates (subject to hydrolysis) is 1. The van der Waals surface area contributed by atoms with Crippen molar-refractivity contribution in [2.24, 2.45) is 11.8 Å². The molecule has 15 aliphatic carbocycles. The van der Waals surface area contributed by atoms with Crippen molar-refractivity contribution in [2.75, 3.05) is 20.8 Å². The van der Waals surface area contributed by atoms with Gasteiger partial charge in [0.05, 0.1) is 25.3 Å². The van der Waals surface area contributed by atoms with Gasteiger partial charge in [0.2, 0.25) is 41.4 Å². The third kappa shape index (κ3) is 32.0. The van der Waals surface area contributed by atoms with Crippen molar-refractivity contribution in [3.63, 3.8) is 0 Å². The van der Waals surface area contributed by atoms with Crippen LogP contribution in [-0.2, 0) is 59.5 Å². The van der Waals surface area contributed by atoms with Crippen LogP contribution >= 0.6 is 113 Å². The zero-order chi connectivity index (χ0) is 105. The average molecular weight is 2230 g/mol. The van der Waals surface area contributed by atoms with Gasteiger partial charge in [0.25, 0.3) is 0 Å². The Morgan fingerprint density at radius 2 is 0.638 bits per heavy atom. The maximum absolute atomic E-state index is 11.7. The molecule has 12 heterocycles. The summed E-state index contributed by atoms with van der Waals surface area (Å²) in [7, 11) is 3.03. The molecule has 0 radical (unpaired) electrons. The topological polar surface area (TPSA) is 574 Å². The molecule has 804 valence electrons. The molecule has 0 aromatic carbocycles. The lowest BCUT2D eigenvalue weighted by Crippen LogP contribution is -2.76. The van der Waals surface area contributed by atoms with Gasteiger partial charge in [0, 0.05) is 160 Å². The molecule has 27 rings (SSSR count). The van der Waals surface area contributed by atoms with Gasteiger partial charge in [-0.15, -0.1) is 215 Å². The summed E-state index contributed by atoms with van der Waals surface area (Å²) in [5, 5.41) is 129. The lowest BCUT2D eigenvalue weighted by atomic mass is 9.39. The van der Waals surface area contributed by atoms with Gasteiger partial charge < -0.3 is 62.6 Å². The van der Waals surface area contributed by atoms with Crippen molar-refractivity contribution in [1.29, 1.82) is 5.26 Å². The number of carbonyl (C=O) groups excluding carboxylic acids is 9. The third-order valence-corrected chi connectivity index (χ3v) is 39.3. The van der Waals surface area contributed by atoms with Gasteiger partial charge in [-0.25, -0.2) is 9.59 Å². The molecule has 52 heteroatoms. The summed E-state index contributed by atoms with van der Waals surface area (Å²) in [5.74, 6) is 4.97. The Hall–Kier alpha value is -10.1. The van der Waals surface area contributed by atoms with Crippen LogP contribution in [-0.4, -0.2) is 229 Å². The predicted octanol–water partition coefficient (Wildman–Crippen LogP) is 14.7. The van der Waals surface area contributed by atoms with E-state index < -0.39 is 0 Å². The summed E-state index contributed by atoms with van der Waals surface area (Å²) in [6, 6.07) is 4.23. The number of ether oxygens (including phenoxy) is 2. The van der Waals surface area contributed by atoms with Gasteiger partial charge in [-0.1, -0.05) is 0 Å².